The quantitative estimate of drug-likeness (QED) is 0.922. The van der Waals surface area contributed by atoms with Crippen molar-refractivity contribution < 1.29 is 9.53 Å². The van der Waals surface area contributed by atoms with Crippen molar-refractivity contribution >= 4 is 29.9 Å². The molecule has 0 aromatic heterocycles. The lowest BCUT2D eigenvalue weighted by Crippen LogP contribution is -2.35. The van der Waals surface area contributed by atoms with Gasteiger partial charge in [-0.2, -0.15) is 0 Å². The normalized spacial score (nSPS) is 18.3. The minimum atomic E-state index is -0.0297. The van der Waals surface area contributed by atoms with Gasteiger partial charge in [-0.3, -0.25) is 4.79 Å². The minimum absolute atomic E-state index is 0. The van der Waals surface area contributed by atoms with Crippen LogP contribution >= 0.6 is 24.0 Å². The van der Waals surface area contributed by atoms with Gasteiger partial charge in [-0.05, 0) is 24.6 Å². The average molecular weight is 291 g/mol. The summed E-state index contributed by atoms with van der Waals surface area (Å²) < 4.78 is 5.38. The summed E-state index contributed by atoms with van der Waals surface area (Å²) >= 11 is 5.81. The van der Waals surface area contributed by atoms with Gasteiger partial charge in [-0.1, -0.05) is 17.7 Å². The monoisotopic (exact) mass is 290 g/mol. The van der Waals surface area contributed by atoms with Gasteiger partial charge >= 0.3 is 0 Å². The summed E-state index contributed by atoms with van der Waals surface area (Å²) in [5, 5.41) is 0.596. The van der Waals surface area contributed by atoms with Crippen LogP contribution in [0.4, 0.5) is 0 Å². The highest BCUT2D eigenvalue weighted by atomic mass is 35.5. The second-order valence-corrected chi connectivity index (χ2v) is 4.57. The van der Waals surface area contributed by atoms with E-state index >= 15 is 0 Å². The molecule has 2 N–H and O–H groups in total. The van der Waals surface area contributed by atoms with Crippen LogP contribution in [0.1, 0.15) is 6.42 Å². The summed E-state index contributed by atoms with van der Waals surface area (Å²) in [6.45, 7) is 1.38. The maximum Gasteiger partial charge on any atom is 0.260 e. The molecule has 1 unspecified atom stereocenters. The van der Waals surface area contributed by atoms with Crippen molar-refractivity contribution in [3.63, 3.8) is 0 Å². The van der Waals surface area contributed by atoms with Crippen molar-refractivity contribution in [2.75, 3.05) is 19.7 Å². The van der Waals surface area contributed by atoms with E-state index in [4.69, 9.17) is 22.1 Å². The summed E-state index contributed by atoms with van der Waals surface area (Å²) in [5.74, 6) is 0.576. The van der Waals surface area contributed by atoms with Gasteiger partial charge in [0.25, 0.3) is 5.91 Å². The molecule has 0 saturated carbocycles. The van der Waals surface area contributed by atoms with E-state index in [0.717, 1.165) is 13.0 Å². The van der Waals surface area contributed by atoms with E-state index in [2.05, 4.69) is 0 Å². The van der Waals surface area contributed by atoms with Crippen molar-refractivity contribution in [3.8, 4) is 5.75 Å². The van der Waals surface area contributed by atoms with Crippen molar-refractivity contribution in [3.05, 3.63) is 29.3 Å². The molecule has 6 heteroatoms. The van der Waals surface area contributed by atoms with Gasteiger partial charge in [0.2, 0.25) is 0 Å². The Hall–Kier alpha value is -0.970. The number of carbonyl (C=O) groups excluding carboxylic acids is 1. The lowest BCUT2D eigenvalue weighted by molar-refractivity contribution is -0.132. The maximum absolute atomic E-state index is 11.8. The molecule has 0 radical (unpaired) electrons. The van der Waals surface area contributed by atoms with E-state index in [-0.39, 0.29) is 31.0 Å². The number of hydrogen-bond acceptors (Lipinski definition) is 3. The first-order chi connectivity index (χ1) is 8.15. The van der Waals surface area contributed by atoms with Crippen LogP contribution in [0.15, 0.2) is 24.3 Å². The van der Waals surface area contributed by atoms with Gasteiger partial charge in [-0.15, -0.1) is 12.4 Å². The van der Waals surface area contributed by atoms with Gasteiger partial charge in [-0.25, -0.2) is 0 Å². The van der Waals surface area contributed by atoms with Crippen LogP contribution in [-0.4, -0.2) is 36.5 Å². The summed E-state index contributed by atoms with van der Waals surface area (Å²) in [6.07, 6.45) is 0.864. The fraction of sp³-hybridized carbons (Fsp3) is 0.417. The lowest BCUT2D eigenvalue weighted by atomic mass is 10.3. The van der Waals surface area contributed by atoms with E-state index in [0.29, 0.717) is 17.3 Å². The topological polar surface area (TPSA) is 55.6 Å². The highest BCUT2D eigenvalue weighted by Crippen LogP contribution is 2.17. The summed E-state index contributed by atoms with van der Waals surface area (Å²) in [5.41, 5.74) is 5.74. The third-order valence-electron chi connectivity index (χ3n) is 2.74. The van der Waals surface area contributed by atoms with E-state index in [9.17, 15) is 4.79 Å². The SMILES string of the molecule is Cl.NC1CCN(C(=O)COc2cccc(Cl)c2)C1. The number of hydrogen-bond donors (Lipinski definition) is 1. The molecule has 1 aliphatic rings. The van der Waals surface area contributed by atoms with Crippen LogP contribution in [-0.2, 0) is 4.79 Å². The number of rotatable bonds is 3. The molecule has 0 bridgehead atoms. The Balaban J connectivity index is 0.00000162. The van der Waals surface area contributed by atoms with E-state index < -0.39 is 0 Å². The Bertz CT molecular complexity index is 415. The highest BCUT2D eigenvalue weighted by Gasteiger charge is 2.23. The molecule has 1 fully saturated rings. The van der Waals surface area contributed by atoms with E-state index in [1.54, 1.807) is 29.2 Å². The van der Waals surface area contributed by atoms with Gasteiger partial charge in [0.1, 0.15) is 5.75 Å². The number of benzene rings is 1. The molecule has 1 heterocycles. The van der Waals surface area contributed by atoms with Crippen LogP contribution in [0.3, 0.4) is 0 Å². The predicted octanol–water partition coefficient (Wildman–Crippen LogP) is 1.70. The fourth-order valence-electron chi connectivity index (χ4n) is 1.81. The lowest BCUT2D eigenvalue weighted by Gasteiger charge is -2.16. The molecule has 1 aromatic carbocycles. The number of ether oxygens (including phenoxy) is 1. The molecular formula is C12H16Cl2N2O2. The zero-order valence-corrected chi connectivity index (χ0v) is 11.4. The zero-order chi connectivity index (χ0) is 12.3. The van der Waals surface area contributed by atoms with Crippen molar-refractivity contribution in [2.24, 2.45) is 5.73 Å². The summed E-state index contributed by atoms with van der Waals surface area (Å²) in [7, 11) is 0. The molecule has 100 valence electrons. The summed E-state index contributed by atoms with van der Waals surface area (Å²) in [4.78, 5) is 13.5. The molecule has 1 saturated heterocycles. The third-order valence-corrected chi connectivity index (χ3v) is 2.97. The first-order valence-electron chi connectivity index (χ1n) is 5.57. The van der Waals surface area contributed by atoms with E-state index in [1.807, 2.05) is 0 Å². The first-order valence-corrected chi connectivity index (χ1v) is 5.94. The van der Waals surface area contributed by atoms with E-state index in [1.165, 1.54) is 0 Å². The van der Waals surface area contributed by atoms with Crippen LogP contribution in [0.2, 0.25) is 5.02 Å². The van der Waals surface area contributed by atoms with Gasteiger partial charge in [0.05, 0.1) is 0 Å². The van der Waals surface area contributed by atoms with Crippen LogP contribution < -0.4 is 10.5 Å². The number of likely N-dealkylation sites (tertiary alicyclic amines) is 1. The van der Waals surface area contributed by atoms with Crippen molar-refractivity contribution in [2.45, 2.75) is 12.5 Å². The van der Waals surface area contributed by atoms with Crippen molar-refractivity contribution in [1.29, 1.82) is 0 Å². The smallest absolute Gasteiger partial charge is 0.260 e. The second-order valence-electron chi connectivity index (χ2n) is 4.13. The molecule has 0 aliphatic carbocycles. The molecule has 1 amide bonds. The average Bonchev–Trinajstić information content (AvgIpc) is 2.73. The number of carbonyl (C=O) groups is 1. The largest absolute Gasteiger partial charge is 0.484 e. The number of nitrogens with two attached hydrogens (primary N) is 1. The standard InChI is InChI=1S/C12H15ClN2O2.ClH/c13-9-2-1-3-11(6-9)17-8-12(16)15-5-4-10(14)7-15;/h1-3,6,10H,4-5,7-8,14H2;1H. The molecule has 18 heavy (non-hydrogen) atoms. The summed E-state index contributed by atoms with van der Waals surface area (Å²) in [6, 6.07) is 7.11. The van der Waals surface area contributed by atoms with Crippen LogP contribution in [0.5, 0.6) is 5.75 Å². The molecule has 1 atom stereocenters. The highest BCUT2D eigenvalue weighted by molar-refractivity contribution is 6.30. The van der Waals surface area contributed by atoms with Crippen LogP contribution in [0, 0.1) is 0 Å². The zero-order valence-electron chi connectivity index (χ0n) is 9.84. The van der Waals surface area contributed by atoms with Gasteiger partial charge < -0.3 is 15.4 Å². The number of amides is 1. The Morgan fingerprint density at radius 3 is 2.94 bits per heavy atom. The Morgan fingerprint density at radius 2 is 2.33 bits per heavy atom. The first kappa shape index (κ1) is 15.1. The Labute approximate surface area is 117 Å². The Morgan fingerprint density at radius 1 is 1.56 bits per heavy atom. The molecular weight excluding hydrogens is 275 g/mol. The van der Waals surface area contributed by atoms with Gasteiger partial charge in [0, 0.05) is 24.2 Å². The van der Waals surface area contributed by atoms with Crippen LogP contribution in [0.25, 0.3) is 0 Å². The minimum Gasteiger partial charge on any atom is -0.484 e. The maximum atomic E-state index is 11.8. The molecule has 4 nitrogen and oxygen atoms in total. The Kier molecular flexibility index (Phi) is 5.72. The van der Waals surface area contributed by atoms with Gasteiger partial charge in [0.15, 0.2) is 6.61 Å². The fourth-order valence-corrected chi connectivity index (χ4v) is 1.99. The molecule has 2 rings (SSSR count). The molecule has 1 aromatic rings. The number of halogens is 2. The molecule has 0 spiro atoms. The van der Waals surface area contributed by atoms with Crippen molar-refractivity contribution in [1.82, 2.24) is 4.90 Å². The predicted molar refractivity (Wildman–Crippen MR) is 73.4 cm³/mol. The second kappa shape index (κ2) is 6.83. The molecule has 1 aliphatic heterocycles. The third kappa shape index (κ3) is 4.05. The number of nitrogens with zero attached hydrogens (tertiary/aromatic N) is 1.